The van der Waals surface area contributed by atoms with E-state index >= 15 is 0 Å². The fourth-order valence-corrected chi connectivity index (χ4v) is 1.56. The van der Waals surface area contributed by atoms with Crippen LogP contribution in [0.2, 0.25) is 0 Å². The van der Waals surface area contributed by atoms with Gasteiger partial charge in [-0.15, -0.1) is 0 Å². The number of benzene rings is 1. The van der Waals surface area contributed by atoms with E-state index in [0.29, 0.717) is 17.1 Å². The molecule has 0 fully saturated rings. The molecule has 0 aliphatic heterocycles. The first-order valence-electron chi connectivity index (χ1n) is 6.06. The summed E-state index contributed by atoms with van der Waals surface area (Å²) in [6.07, 6.45) is 5.76. The summed E-state index contributed by atoms with van der Waals surface area (Å²) in [6.45, 7) is 0. The van der Waals surface area contributed by atoms with Gasteiger partial charge in [0.1, 0.15) is 17.2 Å². The highest BCUT2D eigenvalue weighted by Gasteiger charge is 2.06. The summed E-state index contributed by atoms with van der Waals surface area (Å²) in [4.78, 5) is 19.4. The van der Waals surface area contributed by atoms with Gasteiger partial charge in [-0.05, 0) is 12.1 Å². The molecule has 108 valence electrons. The van der Waals surface area contributed by atoms with Crippen molar-refractivity contribution < 1.29 is 14.3 Å². The molecule has 0 saturated heterocycles. The minimum atomic E-state index is -0.438. The number of hydrogen-bond acceptors (Lipinski definition) is 6. The summed E-state index contributed by atoms with van der Waals surface area (Å²) >= 11 is 0. The van der Waals surface area contributed by atoms with Crippen molar-refractivity contribution in [2.75, 3.05) is 14.2 Å². The molecule has 2 aromatic rings. The molecule has 1 aromatic carbocycles. The number of ether oxygens (including phenoxy) is 2. The SMILES string of the molecule is COc1ccc(/C=N\NC(=O)c2cnccn2)c(OC)c1. The molecule has 0 radical (unpaired) electrons. The van der Waals surface area contributed by atoms with Gasteiger partial charge in [0.15, 0.2) is 0 Å². The van der Waals surface area contributed by atoms with Gasteiger partial charge in [-0.3, -0.25) is 9.78 Å². The molecule has 0 aliphatic carbocycles. The van der Waals surface area contributed by atoms with E-state index < -0.39 is 5.91 Å². The summed E-state index contributed by atoms with van der Waals surface area (Å²) in [7, 11) is 3.12. The van der Waals surface area contributed by atoms with E-state index in [4.69, 9.17) is 9.47 Å². The number of aromatic nitrogens is 2. The van der Waals surface area contributed by atoms with Crippen LogP contribution in [0.15, 0.2) is 41.9 Å². The molecule has 0 unspecified atom stereocenters. The van der Waals surface area contributed by atoms with Crippen LogP contribution in [-0.4, -0.2) is 36.3 Å². The quantitative estimate of drug-likeness (QED) is 0.660. The van der Waals surface area contributed by atoms with Crippen LogP contribution in [-0.2, 0) is 0 Å². The van der Waals surface area contributed by atoms with Gasteiger partial charge in [-0.25, -0.2) is 10.4 Å². The number of carbonyl (C=O) groups excluding carboxylic acids is 1. The summed E-state index contributed by atoms with van der Waals surface area (Å²) in [5.41, 5.74) is 3.27. The number of hydrazone groups is 1. The molecule has 21 heavy (non-hydrogen) atoms. The summed E-state index contributed by atoms with van der Waals surface area (Å²) in [5.74, 6) is 0.825. The molecule has 0 bridgehead atoms. The van der Waals surface area contributed by atoms with Gasteiger partial charge in [0.05, 0.1) is 26.6 Å². The van der Waals surface area contributed by atoms with Gasteiger partial charge in [-0.1, -0.05) is 0 Å². The number of nitrogens with zero attached hydrogens (tertiary/aromatic N) is 3. The second-order valence-corrected chi connectivity index (χ2v) is 3.90. The van der Waals surface area contributed by atoms with E-state index in [2.05, 4.69) is 20.5 Å². The van der Waals surface area contributed by atoms with Crippen LogP contribution in [0, 0.1) is 0 Å². The normalized spacial score (nSPS) is 10.4. The zero-order valence-electron chi connectivity index (χ0n) is 11.6. The predicted molar refractivity (Wildman–Crippen MR) is 76.6 cm³/mol. The first-order chi connectivity index (χ1) is 10.2. The number of methoxy groups -OCH3 is 2. The van der Waals surface area contributed by atoms with Gasteiger partial charge < -0.3 is 9.47 Å². The van der Waals surface area contributed by atoms with Crippen molar-refractivity contribution in [3.63, 3.8) is 0 Å². The van der Waals surface area contributed by atoms with Crippen molar-refractivity contribution in [3.8, 4) is 11.5 Å². The van der Waals surface area contributed by atoms with Gasteiger partial charge in [-0.2, -0.15) is 5.10 Å². The van der Waals surface area contributed by atoms with Crippen LogP contribution in [0.1, 0.15) is 16.1 Å². The Morgan fingerprint density at radius 3 is 2.81 bits per heavy atom. The van der Waals surface area contributed by atoms with Crippen molar-refractivity contribution >= 4 is 12.1 Å². The van der Waals surface area contributed by atoms with Crippen LogP contribution in [0.5, 0.6) is 11.5 Å². The standard InChI is InChI=1S/C14H14N4O3/c1-20-11-4-3-10(13(7-11)21-2)8-17-18-14(19)12-9-15-5-6-16-12/h3-9H,1-2H3,(H,18,19)/b17-8-. The lowest BCUT2D eigenvalue weighted by atomic mass is 10.2. The Balaban J connectivity index is 2.06. The Hall–Kier alpha value is -2.96. The lowest BCUT2D eigenvalue weighted by molar-refractivity contribution is 0.0949. The molecule has 1 heterocycles. The average molecular weight is 286 g/mol. The highest BCUT2D eigenvalue weighted by molar-refractivity contribution is 5.93. The minimum Gasteiger partial charge on any atom is -0.497 e. The third-order valence-electron chi connectivity index (χ3n) is 2.61. The molecule has 0 saturated carbocycles. The van der Waals surface area contributed by atoms with E-state index in [1.54, 1.807) is 32.4 Å². The molecular formula is C14H14N4O3. The Morgan fingerprint density at radius 2 is 2.14 bits per heavy atom. The monoisotopic (exact) mass is 286 g/mol. The highest BCUT2D eigenvalue weighted by atomic mass is 16.5. The van der Waals surface area contributed by atoms with Crippen molar-refractivity contribution in [2.45, 2.75) is 0 Å². The van der Waals surface area contributed by atoms with Gasteiger partial charge in [0.2, 0.25) is 0 Å². The Morgan fingerprint density at radius 1 is 1.29 bits per heavy atom. The van der Waals surface area contributed by atoms with Crippen LogP contribution in [0.25, 0.3) is 0 Å². The fourth-order valence-electron chi connectivity index (χ4n) is 1.56. The molecular weight excluding hydrogens is 272 g/mol. The minimum absolute atomic E-state index is 0.191. The number of carbonyl (C=O) groups is 1. The van der Waals surface area contributed by atoms with Crippen LogP contribution >= 0.6 is 0 Å². The summed E-state index contributed by atoms with van der Waals surface area (Å²) in [6, 6.07) is 5.27. The van der Waals surface area contributed by atoms with E-state index in [0.717, 1.165) is 0 Å². The lowest BCUT2D eigenvalue weighted by Crippen LogP contribution is -2.19. The van der Waals surface area contributed by atoms with Crippen molar-refractivity contribution in [2.24, 2.45) is 5.10 Å². The third kappa shape index (κ3) is 3.75. The molecule has 7 heteroatoms. The number of nitrogens with one attached hydrogen (secondary N) is 1. The molecule has 7 nitrogen and oxygen atoms in total. The Labute approximate surface area is 121 Å². The summed E-state index contributed by atoms with van der Waals surface area (Å²) < 4.78 is 10.3. The van der Waals surface area contributed by atoms with E-state index in [1.165, 1.54) is 24.8 Å². The number of hydrogen-bond donors (Lipinski definition) is 1. The van der Waals surface area contributed by atoms with Crippen LogP contribution < -0.4 is 14.9 Å². The van der Waals surface area contributed by atoms with Crippen LogP contribution in [0.4, 0.5) is 0 Å². The molecule has 1 N–H and O–H groups in total. The highest BCUT2D eigenvalue weighted by Crippen LogP contribution is 2.22. The summed E-state index contributed by atoms with van der Waals surface area (Å²) in [5, 5.41) is 3.87. The zero-order valence-corrected chi connectivity index (χ0v) is 11.6. The molecule has 1 amide bonds. The van der Waals surface area contributed by atoms with E-state index in [9.17, 15) is 4.79 Å². The van der Waals surface area contributed by atoms with E-state index in [1.807, 2.05) is 0 Å². The number of amides is 1. The molecule has 0 spiro atoms. The maximum Gasteiger partial charge on any atom is 0.291 e. The number of rotatable bonds is 5. The first-order valence-corrected chi connectivity index (χ1v) is 6.06. The molecule has 0 aliphatic rings. The largest absolute Gasteiger partial charge is 0.497 e. The average Bonchev–Trinajstić information content (AvgIpc) is 2.55. The molecule has 0 atom stereocenters. The maximum absolute atomic E-state index is 11.7. The predicted octanol–water partition coefficient (Wildman–Crippen LogP) is 1.26. The van der Waals surface area contributed by atoms with Crippen molar-refractivity contribution in [1.82, 2.24) is 15.4 Å². The first kappa shape index (κ1) is 14.4. The zero-order chi connectivity index (χ0) is 15.1. The van der Waals surface area contributed by atoms with E-state index in [-0.39, 0.29) is 5.69 Å². The Kier molecular flexibility index (Phi) is 4.81. The fraction of sp³-hybridized carbons (Fsp3) is 0.143. The lowest BCUT2D eigenvalue weighted by Gasteiger charge is -2.06. The second-order valence-electron chi connectivity index (χ2n) is 3.90. The van der Waals surface area contributed by atoms with Crippen molar-refractivity contribution in [1.29, 1.82) is 0 Å². The molecule has 1 aromatic heterocycles. The maximum atomic E-state index is 11.7. The van der Waals surface area contributed by atoms with Crippen LogP contribution in [0.3, 0.4) is 0 Å². The van der Waals surface area contributed by atoms with Gasteiger partial charge in [0, 0.05) is 24.0 Å². The van der Waals surface area contributed by atoms with Gasteiger partial charge in [0.25, 0.3) is 5.91 Å². The Bertz CT molecular complexity index is 644. The smallest absolute Gasteiger partial charge is 0.291 e. The third-order valence-corrected chi connectivity index (χ3v) is 2.61. The topological polar surface area (TPSA) is 85.7 Å². The second kappa shape index (κ2) is 6.99. The van der Waals surface area contributed by atoms with Crippen molar-refractivity contribution in [3.05, 3.63) is 48.0 Å². The molecule has 2 rings (SSSR count). The van der Waals surface area contributed by atoms with Gasteiger partial charge >= 0.3 is 0 Å².